The molecule has 3 aliphatic heterocycles. The normalized spacial score (nSPS) is 13.8. The number of benzene rings is 8. The van der Waals surface area contributed by atoms with Crippen molar-refractivity contribution in [2.45, 2.75) is 53.5 Å². The summed E-state index contributed by atoms with van der Waals surface area (Å²) >= 11 is 0. The smallest absolute Gasteiger partial charge is 0.337 e. The number of aromatic nitrogens is 9. The Balaban J connectivity index is 0.000000146. The predicted molar refractivity (Wildman–Crippen MR) is 484 cm³/mol. The van der Waals surface area contributed by atoms with Crippen LogP contribution >= 0.6 is 0 Å². The van der Waals surface area contributed by atoms with Gasteiger partial charge in [0, 0.05) is 177 Å². The molecule has 3 aliphatic rings. The largest absolute Gasteiger partial charge is 0.494 e. The number of piperazine rings is 3. The Morgan fingerprint density at radius 3 is 1.00 bits per heavy atom. The molecule has 6 aromatic heterocycles. The molecule has 2 amide bonds. The molecule has 14 aromatic rings. The topological polar surface area (TPSA) is 312 Å². The molecule has 17 rings (SSSR count). The van der Waals surface area contributed by atoms with Gasteiger partial charge in [0.1, 0.15) is 22.4 Å². The van der Waals surface area contributed by atoms with E-state index >= 15 is 17.6 Å². The molecule has 130 heavy (non-hydrogen) atoms. The number of carbonyl (C=O) groups is 3. The van der Waals surface area contributed by atoms with Crippen LogP contribution in [0.1, 0.15) is 76.0 Å². The zero-order chi connectivity index (χ0) is 91.6. The Hall–Kier alpha value is -14.2. The monoisotopic (exact) mass is 1770 g/mol. The molecule has 0 saturated carbocycles. The zero-order valence-corrected chi connectivity index (χ0v) is 72.8. The summed E-state index contributed by atoms with van der Waals surface area (Å²) in [5.41, 5.74) is 16.2. The van der Waals surface area contributed by atoms with Gasteiger partial charge in [-0.2, -0.15) is 0 Å². The van der Waals surface area contributed by atoms with Gasteiger partial charge in [0.2, 0.25) is 0 Å². The second kappa shape index (κ2) is 42.6. The molecule has 0 bridgehead atoms. The lowest BCUT2D eigenvalue weighted by atomic mass is 9.97. The number of nitrogen functional groups attached to an aromatic ring is 1. The van der Waals surface area contributed by atoms with Gasteiger partial charge in [-0.15, -0.1) is 0 Å². The van der Waals surface area contributed by atoms with E-state index in [4.69, 9.17) is 29.4 Å². The number of methoxy groups -OCH3 is 5. The summed E-state index contributed by atoms with van der Waals surface area (Å²) in [6.45, 7) is 22.2. The fraction of sp³-hybridized carbons (Fsp3) is 0.258. The standard InChI is InChI=1S/C35H34F2N6O3.C27H26F2N6O3.C18H24N4.C17H12F2N2O3/c1-22-4-6-23(7-5-22)20-42-14-16-43(17-15-42)21-25-9-8-24(19-40-25)41-35(44)27-11-10-26(33-34(27)39-13-12-38-33)30-31(36)28(45-2)18-29(46-3)32(30)37;1-37-20-13-21(38-2)24(29)22(23(20)28)18-5-6-19(26-25(18)31-7-8-32-26)27(36)34-16-3-4-17(33-14-16)15-35-11-9-30-10-12-35;1-15-2-4-16(5-3-15)13-21-8-10-22(11-9-21)14-18-7-6-17(19)12-20-18;1-8-7-11(24-2)14(19)12(13(8)18)9-3-4-10(17(22)23)16-15(9)20-5-6-21-16/h4-13,18-19H,14-17,20-21H2,1-3H3,(H,41,44);3-8,13-14,30H,9-12,15H2,1-2H3,(H,34,36);2-7,12H,8-11,13-14,19H2,1H3;3-7H,1-2H3,(H,22,23). The van der Waals surface area contributed by atoms with Crippen LogP contribution in [0.15, 0.2) is 195 Å². The SMILES string of the molecule is COc1cc(C)c(F)c(-c2ccc(C(=O)O)c3nccnc23)c1F.COc1cc(OC)c(F)c(-c2ccc(C(=O)Nc3ccc(CN4CCN(Cc5ccc(C)cc5)CC4)nc3)c3nccnc23)c1F.COc1cc(OC)c(F)c(-c2ccc(C(=O)Nc3ccc(CN4CCNCC4)nc3)c3nccnc23)c1F.Cc1ccc(CN2CCN(Cc3ccc(N)cn3)CC2)cc1. The molecule has 670 valence electrons. The van der Waals surface area contributed by atoms with Crippen LogP contribution in [0.4, 0.5) is 43.4 Å². The Labute approximate surface area is 746 Å². The van der Waals surface area contributed by atoms with Gasteiger partial charge in [0.25, 0.3) is 11.8 Å². The molecule has 0 unspecified atom stereocenters. The van der Waals surface area contributed by atoms with E-state index in [1.54, 1.807) is 24.7 Å². The number of carbonyl (C=O) groups excluding carboxylic acids is 2. The lowest BCUT2D eigenvalue weighted by molar-refractivity contribution is 0.0698. The van der Waals surface area contributed by atoms with Crippen molar-refractivity contribution in [3.63, 3.8) is 0 Å². The van der Waals surface area contributed by atoms with E-state index in [-0.39, 0.29) is 117 Å². The third kappa shape index (κ3) is 21.8. The van der Waals surface area contributed by atoms with Gasteiger partial charge < -0.3 is 50.5 Å². The second-order valence-electron chi connectivity index (χ2n) is 31.2. The van der Waals surface area contributed by atoms with Crippen LogP contribution in [0.2, 0.25) is 0 Å². The number of ether oxygens (including phenoxy) is 5. The first kappa shape index (κ1) is 92.0. The van der Waals surface area contributed by atoms with Crippen molar-refractivity contribution in [3.8, 4) is 62.1 Å². The minimum absolute atomic E-state index is 0.0572. The molecule has 27 nitrogen and oxygen atoms in total. The maximum absolute atomic E-state index is 15.3. The molecule has 33 heteroatoms. The number of rotatable bonds is 23. The van der Waals surface area contributed by atoms with Gasteiger partial charge in [-0.3, -0.25) is 78.9 Å². The highest BCUT2D eigenvalue weighted by molar-refractivity contribution is 6.15. The third-order valence-electron chi connectivity index (χ3n) is 22.5. The molecular weight excluding hydrogens is 1680 g/mol. The fourth-order valence-corrected chi connectivity index (χ4v) is 15.5. The molecule has 0 radical (unpaired) electrons. The Morgan fingerprint density at radius 2 is 0.669 bits per heavy atom. The number of nitrogens with one attached hydrogen (secondary N) is 3. The summed E-state index contributed by atoms with van der Waals surface area (Å²) in [6.07, 6.45) is 13.2. The van der Waals surface area contributed by atoms with Gasteiger partial charge in [0.05, 0.1) is 138 Å². The average molecular weight is 1770 g/mol. The van der Waals surface area contributed by atoms with Crippen molar-refractivity contribution in [2.75, 3.05) is 130 Å². The van der Waals surface area contributed by atoms with Crippen LogP contribution in [0.3, 0.4) is 0 Å². The third-order valence-corrected chi connectivity index (χ3v) is 22.5. The molecule has 8 aromatic carbocycles. The van der Waals surface area contributed by atoms with Crippen LogP contribution in [0, 0.1) is 55.7 Å². The van der Waals surface area contributed by atoms with E-state index < -0.39 is 52.7 Å². The average Bonchev–Trinajstić information content (AvgIpc) is 0.760. The maximum atomic E-state index is 15.3. The van der Waals surface area contributed by atoms with Crippen LogP contribution in [0.25, 0.3) is 66.5 Å². The molecule has 9 heterocycles. The number of pyridine rings is 3. The Kier molecular flexibility index (Phi) is 30.1. The van der Waals surface area contributed by atoms with Gasteiger partial charge in [-0.1, -0.05) is 77.9 Å². The van der Waals surface area contributed by atoms with Crippen LogP contribution in [-0.4, -0.2) is 206 Å². The quantitative estimate of drug-likeness (QED) is 0.0372. The molecule has 0 atom stereocenters. The van der Waals surface area contributed by atoms with E-state index in [1.807, 2.05) is 30.3 Å². The lowest BCUT2D eigenvalue weighted by Gasteiger charge is -2.34. The minimum Gasteiger partial charge on any atom is -0.494 e. The highest BCUT2D eigenvalue weighted by atomic mass is 19.2. The summed E-state index contributed by atoms with van der Waals surface area (Å²) in [6, 6.07) is 40.8. The van der Waals surface area contributed by atoms with Gasteiger partial charge in [-0.25, -0.2) is 31.1 Å². The first-order valence-corrected chi connectivity index (χ1v) is 41.8. The molecule has 3 saturated heterocycles. The highest BCUT2D eigenvalue weighted by Gasteiger charge is 2.30. The number of aryl methyl sites for hydroxylation is 3. The van der Waals surface area contributed by atoms with E-state index in [0.717, 1.165) is 146 Å². The number of anilines is 3. The van der Waals surface area contributed by atoms with E-state index in [2.05, 4.69) is 148 Å². The molecule has 3 fully saturated rings. The first-order valence-electron chi connectivity index (χ1n) is 41.8. The van der Waals surface area contributed by atoms with Crippen LogP contribution in [0.5, 0.6) is 28.7 Å². The number of carboxylic acids is 1. The Morgan fingerprint density at radius 1 is 0.362 bits per heavy atom. The van der Waals surface area contributed by atoms with Crippen LogP contribution < -0.4 is 45.4 Å². The number of amides is 2. The summed E-state index contributed by atoms with van der Waals surface area (Å²) in [5, 5.41) is 18.2. The number of nitrogens with zero attached hydrogens (tertiary/aromatic N) is 14. The summed E-state index contributed by atoms with van der Waals surface area (Å²) in [7, 11) is 6.39. The second-order valence-corrected chi connectivity index (χ2v) is 31.2. The number of fused-ring (bicyclic) bond motifs is 3. The van der Waals surface area contributed by atoms with Gasteiger partial charge >= 0.3 is 5.97 Å². The molecular formula is C97H96F6N18O9. The summed E-state index contributed by atoms with van der Waals surface area (Å²) < 4.78 is 116. The number of aromatic carboxylic acids is 1. The number of hydrogen-bond donors (Lipinski definition) is 5. The first-order chi connectivity index (χ1) is 63.0. The number of halogens is 6. The predicted octanol–water partition coefficient (Wildman–Crippen LogP) is 15.4. The maximum Gasteiger partial charge on any atom is 0.337 e. The van der Waals surface area contributed by atoms with Crippen LogP contribution in [-0.2, 0) is 32.7 Å². The molecule has 0 aliphatic carbocycles. The van der Waals surface area contributed by atoms with Crippen molar-refractivity contribution in [1.82, 2.24) is 74.7 Å². The molecule has 0 spiro atoms. The number of nitrogens with two attached hydrogens (primary N) is 1. The van der Waals surface area contributed by atoms with Crippen molar-refractivity contribution >= 4 is 67.9 Å². The van der Waals surface area contributed by atoms with Crippen molar-refractivity contribution in [3.05, 3.63) is 292 Å². The number of hydrogen-bond acceptors (Lipinski definition) is 24. The molecule has 6 N–H and O–H groups in total. The summed E-state index contributed by atoms with van der Waals surface area (Å²) in [5.74, 6) is -8.29. The number of carboxylic acid groups (broad SMARTS) is 1. The minimum atomic E-state index is -1.20. The highest BCUT2D eigenvalue weighted by Crippen LogP contribution is 2.44. The fourth-order valence-electron chi connectivity index (χ4n) is 15.5. The lowest BCUT2D eigenvalue weighted by Crippen LogP contribution is -2.45. The van der Waals surface area contributed by atoms with E-state index in [0.29, 0.717) is 11.4 Å². The van der Waals surface area contributed by atoms with Gasteiger partial charge in [0.15, 0.2) is 57.8 Å². The van der Waals surface area contributed by atoms with E-state index in [9.17, 15) is 28.3 Å². The summed E-state index contributed by atoms with van der Waals surface area (Å²) in [4.78, 5) is 88.8. The zero-order valence-electron chi connectivity index (χ0n) is 72.8. The van der Waals surface area contributed by atoms with Crippen molar-refractivity contribution in [2.24, 2.45) is 0 Å². The van der Waals surface area contributed by atoms with E-state index in [1.165, 1.54) is 144 Å². The van der Waals surface area contributed by atoms with Gasteiger partial charge in [-0.05, 0) is 98.1 Å². The van der Waals surface area contributed by atoms with Crippen molar-refractivity contribution in [1.29, 1.82) is 0 Å². The van der Waals surface area contributed by atoms with Crippen molar-refractivity contribution < 1.29 is 69.5 Å². The Bertz CT molecular complexity index is 6260.